The number of hydrogen-bond donors (Lipinski definition) is 3. The van der Waals surface area contributed by atoms with Gasteiger partial charge in [-0.2, -0.15) is 0 Å². The Balaban J connectivity index is 2.40. The van der Waals surface area contributed by atoms with Crippen molar-refractivity contribution in [3.8, 4) is 0 Å². The number of hydrogen-bond acceptors (Lipinski definition) is 2. The van der Waals surface area contributed by atoms with Crippen molar-refractivity contribution in [1.29, 1.82) is 0 Å². The van der Waals surface area contributed by atoms with Crippen LogP contribution in [0.3, 0.4) is 0 Å². The van der Waals surface area contributed by atoms with Crippen LogP contribution in [0.25, 0.3) is 0 Å². The zero-order valence-corrected chi connectivity index (χ0v) is 10.2. The highest BCUT2D eigenvalue weighted by Crippen LogP contribution is 2.18. The fourth-order valence-corrected chi connectivity index (χ4v) is 1.49. The molecule has 3 amide bonds. The van der Waals surface area contributed by atoms with E-state index in [1.807, 2.05) is 13.8 Å². The molecule has 0 aliphatic heterocycles. The summed E-state index contributed by atoms with van der Waals surface area (Å²) in [5.41, 5.74) is 0. The molecular formula is C11H21N3O2. The quantitative estimate of drug-likeness (QED) is 0.644. The normalized spacial score (nSPS) is 16.8. The van der Waals surface area contributed by atoms with Crippen molar-refractivity contribution in [3.05, 3.63) is 0 Å². The van der Waals surface area contributed by atoms with Crippen molar-refractivity contribution in [2.75, 3.05) is 7.05 Å². The van der Waals surface area contributed by atoms with Gasteiger partial charge in [0, 0.05) is 13.1 Å². The molecule has 1 rings (SSSR count). The van der Waals surface area contributed by atoms with Gasteiger partial charge < -0.3 is 16.0 Å². The number of amides is 3. The lowest BCUT2D eigenvalue weighted by Crippen LogP contribution is -2.50. The van der Waals surface area contributed by atoms with E-state index in [9.17, 15) is 9.59 Å². The van der Waals surface area contributed by atoms with Crippen LogP contribution in [0.5, 0.6) is 0 Å². The number of carbonyl (C=O) groups excluding carboxylic acids is 2. The van der Waals surface area contributed by atoms with Gasteiger partial charge in [-0.1, -0.05) is 13.8 Å². The van der Waals surface area contributed by atoms with Crippen LogP contribution in [0.4, 0.5) is 4.79 Å². The smallest absolute Gasteiger partial charge is 0.315 e. The largest absolute Gasteiger partial charge is 0.357 e. The molecule has 0 aromatic carbocycles. The van der Waals surface area contributed by atoms with Crippen LogP contribution in [0.2, 0.25) is 0 Å². The van der Waals surface area contributed by atoms with Gasteiger partial charge in [0.05, 0.1) is 0 Å². The Hall–Kier alpha value is -1.26. The Bertz CT molecular complexity index is 262. The van der Waals surface area contributed by atoms with Crippen LogP contribution in [0.15, 0.2) is 0 Å². The Labute approximate surface area is 96.4 Å². The zero-order chi connectivity index (χ0) is 12.1. The van der Waals surface area contributed by atoms with Gasteiger partial charge in [-0.05, 0) is 25.2 Å². The number of likely N-dealkylation sites (N-methyl/N-ethyl adjacent to an activating group) is 1. The summed E-state index contributed by atoms with van der Waals surface area (Å²) in [5.74, 6) is 0.225. The van der Waals surface area contributed by atoms with Gasteiger partial charge >= 0.3 is 6.03 Å². The average molecular weight is 227 g/mol. The lowest BCUT2D eigenvalue weighted by atomic mass is 10.0. The molecule has 1 saturated carbocycles. The van der Waals surface area contributed by atoms with E-state index in [4.69, 9.17) is 0 Å². The summed E-state index contributed by atoms with van der Waals surface area (Å²) >= 11 is 0. The van der Waals surface area contributed by atoms with Crippen LogP contribution in [-0.2, 0) is 4.79 Å². The van der Waals surface area contributed by atoms with Crippen molar-refractivity contribution in [2.24, 2.45) is 5.92 Å². The van der Waals surface area contributed by atoms with Crippen molar-refractivity contribution in [1.82, 2.24) is 16.0 Å². The highest BCUT2D eigenvalue weighted by Gasteiger charge is 2.26. The van der Waals surface area contributed by atoms with Gasteiger partial charge in [0.25, 0.3) is 0 Å². The molecule has 1 atom stereocenters. The Morgan fingerprint density at radius 2 is 1.94 bits per heavy atom. The van der Waals surface area contributed by atoms with Crippen molar-refractivity contribution >= 4 is 11.9 Å². The summed E-state index contributed by atoms with van der Waals surface area (Å²) in [6.07, 6.45) is 2.74. The Morgan fingerprint density at radius 1 is 1.31 bits per heavy atom. The molecule has 3 N–H and O–H groups in total. The van der Waals surface area contributed by atoms with E-state index < -0.39 is 6.04 Å². The molecule has 0 aromatic rings. The minimum Gasteiger partial charge on any atom is -0.357 e. The minimum absolute atomic E-state index is 0.139. The first-order valence-electron chi connectivity index (χ1n) is 5.81. The topological polar surface area (TPSA) is 70.2 Å². The molecule has 92 valence electrons. The first-order valence-corrected chi connectivity index (χ1v) is 5.81. The summed E-state index contributed by atoms with van der Waals surface area (Å²) < 4.78 is 0. The van der Waals surface area contributed by atoms with E-state index in [2.05, 4.69) is 16.0 Å². The zero-order valence-electron chi connectivity index (χ0n) is 10.2. The van der Waals surface area contributed by atoms with Gasteiger partial charge in [0.1, 0.15) is 6.04 Å². The molecule has 1 aliphatic carbocycles. The minimum atomic E-state index is -0.441. The standard InChI is InChI=1S/C11H21N3O2/c1-7(2)6-9(10(15)12-3)14-11(16)13-8-4-5-8/h7-9H,4-6H2,1-3H3,(H,12,15)(H2,13,14,16). The van der Waals surface area contributed by atoms with Gasteiger partial charge in [0.2, 0.25) is 5.91 Å². The fourth-order valence-electron chi connectivity index (χ4n) is 1.49. The molecule has 1 aliphatic rings. The van der Waals surface area contributed by atoms with Crippen molar-refractivity contribution in [2.45, 2.75) is 45.2 Å². The first-order chi connectivity index (χ1) is 7.52. The second-order valence-electron chi connectivity index (χ2n) is 4.69. The number of urea groups is 1. The molecule has 0 radical (unpaired) electrons. The number of nitrogens with one attached hydrogen (secondary N) is 3. The summed E-state index contributed by atoms with van der Waals surface area (Å²) in [6, 6.07) is -0.370. The van der Waals surface area contributed by atoms with E-state index in [0.717, 1.165) is 12.8 Å². The van der Waals surface area contributed by atoms with E-state index in [0.29, 0.717) is 18.4 Å². The van der Waals surface area contributed by atoms with E-state index in [1.165, 1.54) is 0 Å². The average Bonchev–Trinajstić information content (AvgIpc) is 2.98. The summed E-state index contributed by atoms with van der Waals surface area (Å²) in [7, 11) is 1.58. The van der Waals surface area contributed by atoms with Crippen LogP contribution in [0.1, 0.15) is 33.1 Å². The SMILES string of the molecule is CNC(=O)C(CC(C)C)NC(=O)NC1CC1. The van der Waals surface area contributed by atoms with Crippen LogP contribution < -0.4 is 16.0 Å². The molecule has 0 aromatic heterocycles. The van der Waals surface area contributed by atoms with Gasteiger partial charge in [0.15, 0.2) is 0 Å². The highest BCUT2D eigenvalue weighted by molar-refractivity contribution is 5.86. The van der Waals surface area contributed by atoms with Crippen molar-refractivity contribution < 1.29 is 9.59 Å². The van der Waals surface area contributed by atoms with E-state index in [-0.39, 0.29) is 11.9 Å². The molecule has 0 bridgehead atoms. The lowest BCUT2D eigenvalue weighted by Gasteiger charge is -2.19. The molecule has 0 heterocycles. The lowest BCUT2D eigenvalue weighted by molar-refractivity contribution is -0.122. The molecule has 1 unspecified atom stereocenters. The molecule has 16 heavy (non-hydrogen) atoms. The van der Waals surface area contributed by atoms with E-state index in [1.54, 1.807) is 7.05 Å². The monoisotopic (exact) mass is 227 g/mol. The molecular weight excluding hydrogens is 206 g/mol. The second-order valence-corrected chi connectivity index (χ2v) is 4.69. The predicted octanol–water partition coefficient (Wildman–Crippen LogP) is 0.609. The summed E-state index contributed by atoms with van der Waals surface area (Å²) in [6.45, 7) is 4.05. The Morgan fingerprint density at radius 3 is 2.38 bits per heavy atom. The predicted molar refractivity (Wildman–Crippen MR) is 62.0 cm³/mol. The third kappa shape index (κ3) is 4.51. The van der Waals surface area contributed by atoms with Gasteiger partial charge in [-0.15, -0.1) is 0 Å². The maximum Gasteiger partial charge on any atom is 0.315 e. The van der Waals surface area contributed by atoms with Crippen LogP contribution in [-0.4, -0.2) is 31.1 Å². The maximum absolute atomic E-state index is 11.5. The maximum atomic E-state index is 11.5. The highest BCUT2D eigenvalue weighted by atomic mass is 16.2. The van der Waals surface area contributed by atoms with Gasteiger partial charge in [-0.25, -0.2) is 4.79 Å². The molecule has 0 spiro atoms. The first kappa shape index (κ1) is 12.8. The third-order valence-corrected chi connectivity index (χ3v) is 2.49. The summed E-state index contributed by atoms with van der Waals surface area (Å²) in [4.78, 5) is 23.0. The number of rotatable bonds is 5. The molecule has 1 fully saturated rings. The molecule has 0 saturated heterocycles. The molecule has 5 heteroatoms. The van der Waals surface area contributed by atoms with Crippen molar-refractivity contribution in [3.63, 3.8) is 0 Å². The fraction of sp³-hybridized carbons (Fsp3) is 0.818. The van der Waals surface area contributed by atoms with Crippen LogP contribution in [0, 0.1) is 5.92 Å². The second kappa shape index (κ2) is 5.72. The Kier molecular flexibility index (Phi) is 4.58. The van der Waals surface area contributed by atoms with Crippen LogP contribution >= 0.6 is 0 Å². The molecule has 5 nitrogen and oxygen atoms in total. The van der Waals surface area contributed by atoms with E-state index >= 15 is 0 Å². The number of carbonyl (C=O) groups is 2. The van der Waals surface area contributed by atoms with Gasteiger partial charge in [-0.3, -0.25) is 4.79 Å². The summed E-state index contributed by atoms with van der Waals surface area (Å²) in [5, 5.41) is 8.08. The third-order valence-electron chi connectivity index (χ3n) is 2.49.